The Morgan fingerprint density at radius 1 is 1.35 bits per heavy atom. The zero-order chi connectivity index (χ0) is 14.4. The average molecular weight is 286 g/mol. The SMILES string of the molecule is Cc1ccc(N=CCc2cnccn2)c(O[SiH](C)C)c1.[H+]. The molecular formula is C15H20N3OSi+. The van der Waals surface area contributed by atoms with E-state index in [1.54, 1.807) is 18.6 Å². The number of aromatic nitrogens is 2. The molecule has 0 N–H and O–H groups in total. The molecule has 2 rings (SSSR count). The van der Waals surface area contributed by atoms with Crippen molar-refractivity contribution < 1.29 is 5.85 Å². The van der Waals surface area contributed by atoms with Gasteiger partial charge >= 0.3 is 1.43 Å². The van der Waals surface area contributed by atoms with Crippen LogP contribution in [0.4, 0.5) is 5.69 Å². The highest BCUT2D eigenvalue weighted by Crippen LogP contribution is 2.28. The minimum atomic E-state index is -1.14. The van der Waals surface area contributed by atoms with Crippen molar-refractivity contribution in [3.05, 3.63) is 48.0 Å². The van der Waals surface area contributed by atoms with Gasteiger partial charge in [-0.2, -0.15) is 0 Å². The minimum absolute atomic E-state index is 0. The van der Waals surface area contributed by atoms with E-state index in [2.05, 4.69) is 35.0 Å². The second-order valence-corrected chi connectivity index (χ2v) is 7.18. The van der Waals surface area contributed by atoms with Gasteiger partial charge in [0.1, 0.15) is 11.4 Å². The molecule has 5 heteroatoms. The first-order chi connectivity index (χ1) is 9.65. The molecule has 0 aliphatic rings. The molecule has 1 aromatic carbocycles. The maximum atomic E-state index is 5.93. The molecule has 0 bridgehead atoms. The number of rotatable bonds is 5. The largest absolute Gasteiger partial charge is 1.00 e. The van der Waals surface area contributed by atoms with E-state index in [0.29, 0.717) is 6.42 Å². The molecule has 0 spiro atoms. The first kappa shape index (κ1) is 14.4. The van der Waals surface area contributed by atoms with Gasteiger partial charge in [0.25, 0.3) is 0 Å². The molecule has 0 aliphatic heterocycles. The van der Waals surface area contributed by atoms with Crippen LogP contribution in [0.5, 0.6) is 5.75 Å². The van der Waals surface area contributed by atoms with E-state index >= 15 is 0 Å². The van der Waals surface area contributed by atoms with Crippen LogP contribution >= 0.6 is 0 Å². The normalized spacial score (nSPS) is 11.2. The standard InChI is InChI=1S/C15H19N3OSi/c1-12-4-5-14(15(10-12)19-20(2)3)18-7-6-13-11-16-8-9-17-13/h4-5,7-11,20H,6H2,1-3H3/p+1. The molecule has 0 unspecified atom stereocenters. The highest BCUT2D eigenvalue weighted by Gasteiger charge is 2.05. The molecular weight excluding hydrogens is 266 g/mol. The van der Waals surface area contributed by atoms with E-state index in [0.717, 1.165) is 17.1 Å². The summed E-state index contributed by atoms with van der Waals surface area (Å²) >= 11 is 0. The van der Waals surface area contributed by atoms with Crippen LogP contribution in [-0.2, 0) is 6.42 Å². The highest BCUT2D eigenvalue weighted by molar-refractivity contribution is 6.49. The predicted molar refractivity (Wildman–Crippen MR) is 85.7 cm³/mol. The van der Waals surface area contributed by atoms with Crippen molar-refractivity contribution in [1.82, 2.24) is 9.97 Å². The van der Waals surface area contributed by atoms with Crippen LogP contribution in [0, 0.1) is 6.92 Å². The Balaban J connectivity index is 0.00000220. The Morgan fingerprint density at radius 3 is 2.90 bits per heavy atom. The van der Waals surface area contributed by atoms with Crippen LogP contribution in [-0.4, -0.2) is 25.2 Å². The quantitative estimate of drug-likeness (QED) is 0.626. The van der Waals surface area contributed by atoms with Gasteiger partial charge in [-0.05, 0) is 37.7 Å². The van der Waals surface area contributed by atoms with E-state index in [1.165, 1.54) is 5.56 Å². The summed E-state index contributed by atoms with van der Waals surface area (Å²) in [5.74, 6) is 0.877. The predicted octanol–water partition coefficient (Wildman–Crippen LogP) is 3.20. The topological polar surface area (TPSA) is 47.4 Å². The molecule has 0 atom stereocenters. The summed E-state index contributed by atoms with van der Waals surface area (Å²) < 4.78 is 5.93. The Hall–Kier alpha value is -2.01. The fourth-order valence-corrected chi connectivity index (χ4v) is 2.45. The lowest BCUT2D eigenvalue weighted by molar-refractivity contribution is 0.581. The number of aryl methyl sites for hydroxylation is 1. The summed E-state index contributed by atoms with van der Waals surface area (Å²) in [5, 5.41) is 0. The lowest BCUT2D eigenvalue weighted by Crippen LogP contribution is -2.11. The molecule has 2 aromatic rings. The second kappa shape index (κ2) is 6.95. The summed E-state index contributed by atoms with van der Waals surface area (Å²) in [7, 11) is -1.14. The highest BCUT2D eigenvalue weighted by atomic mass is 28.3. The fourth-order valence-electron chi connectivity index (χ4n) is 1.75. The summed E-state index contributed by atoms with van der Waals surface area (Å²) in [6.45, 7) is 6.35. The van der Waals surface area contributed by atoms with E-state index < -0.39 is 9.04 Å². The van der Waals surface area contributed by atoms with Gasteiger partial charge in [-0.15, -0.1) is 0 Å². The molecule has 1 heterocycles. The van der Waals surface area contributed by atoms with Crippen molar-refractivity contribution in [2.24, 2.45) is 4.99 Å². The van der Waals surface area contributed by atoms with Crippen LogP contribution in [0.15, 0.2) is 41.8 Å². The average Bonchev–Trinajstić information content (AvgIpc) is 2.42. The number of nitrogens with zero attached hydrogens (tertiary/aromatic N) is 3. The lowest BCUT2D eigenvalue weighted by atomic mass is 10.2. The minimum Gasteiger partial charge on any atom is -0.546 e. The van der Waals surface area contributed by atoms with E-state index in [1.807, 2.05) is 24.4 Å². The number of aliphatic imine (C=N–C) groups is 1. The van der Waals surface area contributed by atoms with Crippen LogP contribution in [0.3, 0.4) is 0 Å². The van der Waals surface area contributed by atoms with Crippen molar-refractivity contribution in [3.8, 4) is 5.75 Å². The third-order valence-corrected chi connectivity index (χ3v) is 3.35. The van der Waals surface area contributed by atoms with E-state index in [4.69, 9.17) is 4.43 Å². The van der Waals surface area contributed by atoms with Crippen molar-refractivity contribution >= 4 is 20.9 Å². The number of hydrogen-bond donors (Lipinski definition) is 0. The molecule has 0 radical (unpaired) electrons. The summed E-state index contributed by atoms with van der Waals surface area (Å²) in [6.07, 6.45) is 7.62. The zero-order valence-corrected chi connectivity index (χ0v) is 13.2. The summed E-state index contributed by atoms with van der Waals surface area (Å²) in [6, 6.07) is 6.08. The van der Waals surface area contributed by atoms with Gasteiger partial charge < -0.3 is 4.43 Å². The first-order valence-corrected chi connectivity index (χ1v) is 9.48. The van der Waals surface area contributed by atoms with Gasteiger partial charge in [0, 0.05) is 31.2 Å². The molecule has 0 fully saturated rings. The van der Waals surface area contributed by atoms with Gasteiger partial charge in [-0.1, -0.05) is 6.07 Å². The molecule has 0 aliphatic carbocycles. The van der Waals surface area contributed by atoms with Gasteiger partial charge in [-0.25, -0.2) is 0 Å². The second-order valence-electron chi connectivity index (χ2n) is 4.85. The first-order valence-electron chi connectivity index (χ1n) is 6.70. The van der Waals surface area contributed by atoms with Crippen LogP contribution in [0.25, 0.3) is 0 Å². The Labute approximate surface area is 122 Å². The van der Waals surface area contributed by atoms with Gasteiger partial charge in [-0.3, -0.25) is 15.0 Å². The van der Waals surface area contributed by atoms with Crippen molar-refractivity contribution in [2.75, 3.05) is 0 Å². The van der Waals surface area contributed by atoms with Crippen molar-refractivity contribution in [1.29, 1.82) is 0 Å². The molecule has 0 saturated heterocycles. The molecule has 4 nitrogen and oxygen atoms in total. The third-order valence-electron chi connectivity index (χ3n) is 2.63. The van der Waals surface area contributed by atoms with Crippen LogP contribution < -0.4 is 4.43 Å². The van der Waals surface area contributed by atoms with Gasteiger partial charge in [0.15, 0.2) is 0 Å². The van der Waals surface area contributed by atoms with E-state index in [-0.39, 0.29) is 1.43 Å². The van der Waals surface area contributed by atoms with E-state index in [9.17, 15) is 0 Å². The van der Waals surface area contributed by atoms with Crippen molar-refractivity contribution in [3.63, 3.8) is 0 Å². The van der Waals surface area contributed by atoms with Crippen LogP contribution in [0.1, 0.15) is 12.7 Å². The Bertz CT molecular complexity index is 591. The molecule has 104 valence electrons. The van der Waals surface area contributed by atoms with Gasteiger partial charge in [0.2, 0.25) is 9.04 Å². The lowest BCUT2D eigenvalue weighted by Gasteiger charge is -2.12. The summed E-state index contributed by atoms with van der Waals surface area (Å²) in [4.78, 5) is 12.8. The molecule has 0 saturated carbocycles. The van der Waals surface area contributed by atoms with Crippen LogP contribution in [0.2, 0.25) is 13.1 Å². The maximum Gasteiger partial charge on any atom is 1.00 e. The smallest absolute Gasteiger partial charge is 0.546 e. The monoisotopic (exact) mass is 286 g/mol. The molecule has 0 amide bonds. The number of hydrogen-bond acceptors (Lipinski definition) is 4. The Morgan fingerprint density at radius 2 is 2.20 bits per heavy atom. The molecule has 1 aromatic heterocycles. The fraction of sp³-hybridized carbons (Fsp3) is 0.267. The Kier molecular flexibility index (Phi) is 5.01. The van der Waals surface area contributed by atoms with Crippen molar-refractivity contribution in [2.45, 2.75) is 26.4 Å². The number of benzene rings is 1. The molecule has 20 heavy (non-hydrogen) atoms. The van der Waals surface area contributed by atoms with Gasteiger partial charge in [0.05, 0.1) is 5.69 Å². The maximum absolute atomic E-state index is 5.93. The zero-order valence-electron chi connectivity index (χ0n) is 13.1. The summed E-state index contributed by atoms with van der Waals surface area (Å²) in [5.41, 5.74) is 2.97. The third kappa shape index (κ3) is 4.27.